The minimum absolute atomic E-state index is 0.0916. The molecular formula is C20H24FN7O2. The number of benzene rings is 1. The van der Waals surface area contributed by atoms with Crippen molar-refractivity contribution >= 4 is 23.4 Å². The molecule has 0 saturated carbocycles. The van der Waals surface area contributed by atoms with E-state index in [1.807, 2.05) is 6.92 Å². The largest absolute Gasteiger partial charge is 0.395 e. The molecule has 0 amide bonds. The van der Waals surface area contributed by atoms with Crippen LogP contribution in [0.2, 0.25) is 0 Å². The van der Waals surface area contributed by atoms with E-state index in [1.165, 1.54) is 12.1 Å². The Bertz CT molecular complexity index is 922. The van der Waals surface area contributed by atoms with Crippen LogP contribution in [0.15, 0.2) is 48.9 Å². The second kappa shape index (κ2) is 10.4. The lowest BCUT2D eigenvalue weighted by molar-refractivity contribution is 0.280. The van der Waals surface area contributed by atoms with Crippen LogP contribution in [0.25, 0.3) is 0 Å². The third kappa shape index (κ3) is 5.82. The van der Waals surface area contributed by atoms with Crippen molar-refractivity contribution in [3.8, 4) is 0 Å². The zero-order valence-electron chi connectivity index (χ0n) is 16.5. The van der Waals surface area contributed by atoms with E-state index in [2.05, 4.69) is 30.6 Å². The third-order valence-electron chi connectivity index (χ3n) is 4.31. The Morgan fingerprint density at radius 2 is 1.77 bits per heavy atom. The summed E-state index contributed by atoms with van der Waals surface area (Å²) in [4.78, 5) is 19.0. The highest BCUT2D eigenvalue weighted by atomic mass is 19.1. The average molecular weight is 413 g/mol. The topological polar surface area (TPSA) is 119 Å². The molecule has 1 unspecified atom stereocenters. The number of hydrogen-bond donors (Lipinski definition) is 4. The summed E-state index contributed by atoms with van der Waals surface area (Å²) in [5, 5.41) is 25.0. The summed E-state index contributed by atoms with van der Waals surface area (Å²) in [7, 11) is 0. The molecule has 2 heterocycles. The number of nitrogens with zero attached hydrogens (tertiary/aromatic N) is 5. The number of rotatable bonds is 10. The van der Waals surface area contributed by atoms with Gasteiger partial charge in [0.05, 0.1) is 25.5 Å². The predicted octanol–water partition coefficient (Wildman–Crippen LogP) is 2.11. The summed E-state index contributed by atoms with van der Waals surface area (Å²) >= 11 is 0. The smallest absolute Gasteiger partial charge is 0.227 e. The maximum absolute atomic E-state index is 13.2. The molecule has 0 aliphatic heterocycles. The summed E-state index contributed by atoms with van der Waals surface area (Å²) < 4.78 is 13.2. The van der Waals surface area contributed by atoms with Crippen LogP contribution in [0, 0.1) is 5.82 Å². The van der Waals surface area contributed by atoms with Crippen LogP contribution in [-0.4, -0.2) is 56.5 Å². The first-order valence-corrected chi connectivity index (χ1v) is 9.50. The molecule has 4 N–H and O–H groups in total. The van der Waals surface area contributed by atoms with Crippen molar-refractivity contribution in [3.05, 3.63) is 60.3 Å². The van der Waals surface area contributed by atoms with E-state index in [1.54, 1.807) is 41.7 Å². The molecule has 9 nitrogen and oxygen atoms in total. The number of aromatic nitrogens is 4. The Hall–Kier alpha value is -3.37. The van der Waals surface area contributed by atoms with Gasteiger partial charge in [-0.25, -0.2) is 9.37 Å². The molecule has 0 fully saturated rings. The Balaban J connectivity index is 1.90. The predicted molar refractivity (Wildman–Crippen MR) is 112 cm³/mol. The van der Waals surface area contributed by atoms with Gasteiger partial charge >= 0.3 is 0 Å². The molecule has 0 spiro atoms. The normalized spacial score (nSPS) is 11.7. The first kappa shape index (κ1) is 21.3. The molecule has 1 aromatic carbocycles. The molecule has 3 aromatic rings. The zero-order valence-corrected chi connectivity index (χ0v) is 16.5. The quantitative estimate of drug-likeness (QED) is 0.396. The van der Waals surface area contributed by atoms with Crippen molar-refractivity contribution in [2.75, 3.05) is 41.8 Å². The lowest BCUT2D eigenvalue weighted by Gasteiger charge is -2.23. The zero-order chi connectivity index (χ0) is 21.3. The number of anilines is 4. The van der Waals surface area contributed by atoms with E-state index >= 15 is 0 Å². The molecule has 3 rings (SSSR count). The molecule has 0 aliphatic rings. The monoisotopic (exact) mass is 413 g/mol. The van der Waals surface area contributed by atoms with Gasteiger partial charge in [0.2, 0.25) is 5.95 Å². The number of aliphatic hydroxyl groups excluding tert-OH is 2. The summed E-state index contributed by atoms with van der Waals surface area (Å²) in [6.07, 6.45) is 4.69. The van der Waals surface area contributed by atoms with Crippen molar-refractivity contribution < 1.29 is 14.6 Å². The summed E-state index contributed by atoms with van der Waals surface area (Å²) in [6.45, 7) is 2.33. The van der Waals surface area contributed by atoms with Gasteiger partial charge in [0, 0.05) is 31.5 Å². The van der Waals surface area contributed by atoms with Crippen molar-refractivity contribution in [1.29, 1.82) is 0 Å². The highest BCUT2D eigenvalue weighted by Gasteiger charge is 2.14. The number of halogens is 1. The van der Waals surface area contributed by atoms with E-state index in [0.717, 1.165) is 5.56 Å². The molecule has 1 atom stereocenters. The molecule has 2 aromatic heterocycles. The van der Waals surface area contributed by atoms with Crippen LogP contribution in [0.3, 0.4) is 0 Å². The first-order chi connectivity index (χ1) is 14.6. The lowest BCUT2D eigenvalue weighted by atomic mass is 10.1. The van der Waals surface area contributed by atoms with Gasteiger partial charge in [-0.1, -0.05) is 12.1 Å². The van der Waals surface area contributed by atoms with Gasteiger partial charge in [-0.2, -0.15) is 9.97 Å². The third-order valence-corrected chi connectivity index (χ3v) is 4.31. The highest BCUT2D eigenvalue weighted by molar-refractivity contribution is 5.59. The standard InChI is InChI=1S/C20H24FN7O2/c1-14(15-2-4-16(21)5-3-15)24-20-26-17(25-18-13-22-6-7-23-18)12-19(27-20)28(8-10-29)9-11-30/h2-7,12-14,29-30H,8-11H2,1H3,(H2,23,24,25,26,27). The Morgan fingerprint density at radius 1 is 1.03 bits per heavy atom. The number of aliphatic hydroxyl groups is 2. The van der Waals surface area contributed by atoms with Crippen molar-refractivity contribution in [1.82, 2.24) is 19.9 Å². The Morgan fingerprint density at radius 3 is 2.40 bits per heavy atom. The lowest BCUT2D eigenvalue weighted by Crippen LogP contribution is -2.31. The van der Waals surface area contributed by atoms with Gasteiger partial charge in [0.25, 0.3) is 0 Å². The number of nitrogens with one attached hydrogen (secondary N) is 2. The Kier molecular flexibility index (Phi) is 7.41. The van der Waals surface area contributed by atoms with Crippen LogP contribution < -0.4 is 15.5 Å². The van der Waals surface area contributed by atoms with Crippen LogP contribution >= 0.6 is 0 Å². The van der Waals surface area contributed by atoms with Crippen molar-refractivity contribution in [3.63, 3.8) is 0 Å². The average Bonchev–Trinajstić information content (AvgIpc) is 2.74. The van der Waals surface area contributed by atoms with Crippen LogP contribution in [0.5, 0.6) is 0 Å². The highest BCUT2D eigenvalue weighted by Crippen LogP contribution is 2.23. The second-order valence-electron chi connectivity index (χ2n) is 6.50. The van der Waals surface area contributed by atoms with Crippen LogP contribution in [0.1, 0.15) is 18.5 Å². The van der Waals surface area contributed by atoms with Gasteiger partial charge in [-0.3, -0.25) is 4.98 Å². The maximum Gasteiger partial charge on any atom is 0.227 e. The van der Waals surface area contributed by atoms with E-state index in [0.29, 0.717) is 36.5 Å². The minimum atomic E-state index is -0.302. The van der Waals surface area contributed by atoms with Gasteiger partial charge in [-0.15, -0.1) is 0 Å². The van der Waals surface area contributed by atoms with Gasteiger partial charge in [0.1, 0.15) is 23.3 Å². The number of hydrogen-bond acceptors (Lipinski definition) is 9. The molecule has 30 heavy (non-hydrogen) atoms. The van der Waals surface area contributed by atoms with Crippen molar-refractivity contribution in [2.24, 2.45) is 0 Å². The fourth-order valence-electron chi connectivity index (χ4n) is 2.83. The molecule has 0 radical (unpaired) electrons. The second-order valence-corrected chi connectivity index (χ2v) is 6.50. The summed E-state index contributed by atoms with van der Waals surface area (Å²) in [5.41, 5.74) is 0.872. The van der Waals surface area contributed by atoms with E-state index < -0.39 is 0 Å². The first-order valence-electron chi connectivity index (χ1n) is 9.50. The SMILES string of the molecule is CC(Nc1nc(Nc2cnccn2)cc(N(CCO)CCO)n1)c1ccc(F)cc1. The fourth-order valence-corrected chi connectivity index (χ4v) is 2.83. The van der Waals surface area contributed by atoms with E-state index in [9.17, 15) is 14.6 Å². The van der Waals surface area contributed by atoms with Crippen LogP contribution in [-0.2, 0) is 0 Å². The fraction of sp³-hybridized carbons (Fsp3) is 0.300. The maximum atomic E-state index is 13.2. The van der Waals surface area contributed by atoms with E-state index in [-0.39, 0.29) is 25.1 Å². The summed E-state index contributed by atoms with van der Waals surface area (Å²) in [5.74, 6) is 1.53. The van der Waals surface area contributed by atoms with Crippen molar-refractivity contribution in [2.45, 2.75) is 13.0 Å². The van der Waals surface area contributed by atoms with E-state index in [4.69, 9.17) is 0 Å². The summed E-state index contributed by atoms with van der Waals surface area (Å²) in [6, 6.07) is 7.70. The minimum Gasteiger partial charge on any atom is -0.395 e. The van der Waals surface area contributed by atoms with Gasteiger partial charge < -0.3 is 25.7 Å². The van der Waals surface area contributed by atoms with Gasteiger partial charge in [0.15, 0.2) is 0 Å². The molecule has 0 bridgehead atoms. The molecule has 10 heteroatoms. The molecule has 0 aliphatic carbocycles. The van der Waals surface area contributed by atoms with Gasteiger partial charge in [-0.05, 0) is 24.6 Å². The molecule has 158 valence electrons. The van der Waals surface area contributed by atoms with Crippen LogP contribution in [0.4, 0.5) is 27.8 Å². The molecule has 0 saturated heterocycles. The molecular weight excluding hydrogens is 389 g/mol. The Labute approximate surface area is 173 Å².